The van der Waals surface area contributed by atoms with Crippen LogP contribution in [0.25, 0.3) is 0 Å². The Morgan fingerprint density at radius 3 is 1.80 bits per heavy atom. The molecule has 49 heavy (non-hydrogen) atoms. The van der Waals surface area contributed by atoms with Crippen LogP contribution in [-0.4, -0.2) is 124 Å². The third-order valence-electron chi connectivity index (χ3n) is 7.90. The summed E-state index contributed by atoms with van der Waals surface area (Å²) < 4.78 is 69.5. The molecule has 2 aromatic rings. The molecule has 0 unspecified atom stereocenters. The van der Waals surface area contributed by atoms with Crippen LogP contribution in [0.3, 0.4) is 0 Å². The SMILES string of the molecule is CN(NC(=O)[C@@H]1CC[C@@H]2CN1C(=O)N2OS(=O)(=O)O)c1cccnc1.O=C(NNc1cccnc1)[C@@H]1CC[C@@H]2CN1C(=O)N2OS(=O)(=O)O. The molecule has 0 radical (unpaired) electrons. The number of urea groups is 2. The molecule has 22 nitrogen and oxygen atoms in total. The summed E-state index contributed by atoms with van der Waals surface area (Å²) in [6, 6.07) is 2.71. The molecule has 6 heterocycles. The Bertz CT molecular complexity index is 1770. The normalized spacial score (nSPS) is 23.1. The number of piperidine rings is 2. The first-order valence-corrected chi connectivity index (χ1v) is 17.3. The summed E-state index contributed by atoms with van der Waals surface area (Å²) in [6.07, 6.45) is 7.68. The number of fused-ring (bicyclic) bond motifs is 4. The second-order valence-electron chi connectivity index (χ2n) is 11.1. The van der Waals surface area contributed by atoms with Crippen molar-refractivity contribution < 1.29 is 53.7 Å². The van der Waals surface area contributed by atoms with Gasteiger partial charge in [0, 0.05) is 32.5 Å². The molecule has 0 saturated carbocycles. The maximum absolute atomic E-state index is 12.5. The second-order valence-corrected chi connectivity index (χ2v) is 13.1. The number of amides is 6. The smallest absolute Gasteiger partial charge is 0.309 e. The minimum Gasteiger partial charge on any atom is -0.309 e. The average Bonchev–Trinajstić information content (AvgIpc) is 3.43. The lowest BCUT2D eigenvalue weighted by atomic mass is 10.0. The Hall–Kier alpha value is -4.88. The van der Waals surface area contributed by atoms with Crippen LogP contribution in [0.2, 0.25) is 0 Å². The van der Waals surface area contributed by atoms with Gasteiger partial charge in [0.05, 0.1) is 35.9 Å². The fraction of sp³-hybridized carbons (Fsp3) is 0.440. The van der Waals surface area contributed by atoms with Crippen molar-refractivity contribution in [2.45, 2.75) is 49.9 Å². The summed E-state index contributed by atoms with van der Waals surface area (Å²) in [6.45, 7) is 0.280. The predicted octanol–water partition coefficient (Wildman–Crippen LogP) is -0.920. The van der Waals surface area contributed by atoms with Crippen LogP contribution in [0.5, 0.6) is 0 Å². The Kier molecular flexibility index (Phi) is 10.3. The van der Waals surface area contributed by atoms with E-state index in [0.717, 1.165) is 0 Å². The van der Waals surface area contributed by atoms with E-state index in [2.05, 4.69) is 34.8 Å². The summed E-state index contributed by atoms with van der Waals surface area (Å²) in [4.78, 5) is 59.6. The van der Waals surface area contributed by atoms with Gasteiger partial charge in [-0.15, -0.1) is 8.57 Å². The van der Waals surface area contributed by atoms with Gasteiger partial charge in [-0.05, 0) is 49.9 Å². The molecule has 0 aromatic carbocycles. The van der Waals surface area contributed by atoms with Crippen LogP contribution in [0, 0.1) is 0 Å². The van der Waals surface area contributed by atoms with E-state index in [1.54, 1.807) is 49.9 Å². The number of hydroxylamine groups is 4. The number of hydrazine groups is 2. The van der Waals surface area contributed by atoms with Crippen molar-refractivity contribution in [3.63, 3.8) is 0 Å². The third-order valence-corrected chi connectivity index (χ3v) is 8.60. The lowest BCUT2D eigenvalue weighted by Gasteiger charge is -2.31. The zero-order chi connectivity index (χ0) is 35.5. The van der Waals surface area contributed by atoms with Gasteiger partial charge in [0.1, 0.15) is 12.1 Å². The number of carbonyl (C=O) groups is 4. The van der Waals surface area contributed by atoms with Crippen LogP contribution in [0.15, 0.2) is 49.1 Å². The van der Waals surface area contributed by atoms with E-state index in [0.29, 0.717) is 47.2 Å². The molecule has 0 spiro atoms. The highest BCUT2D eigenvalue weighted by atomic mass is 32.3. The van der Waals surface area contributed by atoms with E-state index in [1.165, 1.54) is 21.0 Å². The van der Waals surface area contributed by atoms with Gasteiger partial charge in [-0.1, -0.05) is 0 Å². The number of nitrogens with one attached hydrogen (secondary N) is 3. The average molecular weight is 729 g/mol. The molecular weight excluding hydrogens is 696 g/mol. The Morgan fingerprint density at radius 1 is 0.816 bits per heavy atom. The largest absolute Gasteiger partial charge is 0.418 e. The molecule has 2 aromatic heterocycles. The molecule has 5 N–H and O–H groups in total. The van der Waals surface area contributed by atoms with E-state index in [9.17, 15) is 36.0 Å². The molecule has 6 rings (SSSR count). The molecule has 266 valence electrons. The first-order chi connectivity index (χ1) is 23.1. The van der Waals surface area contributed by atoms with Crippen molar-refractivity contribution in [2.75, 3.05) is 30.6 Å². The summed E-state index contributed by atoms with van der Waals surface area (Å²) in [5, 5.41) is 2.68. The quantitative estimate of drug-likeness (QED) is 0.146. The van der Waals surface area contributed by atoms with Gasteiger partial charge >= 0.3 is 32.9 Å². The first-order valence-electron chi connectivity index (χ1n) is 14.5. The number of hydrogen-bond acceptors (Lipinski definition) is 14. The van der Waals surface area contributed by atoms with Crippen molar-refractivity contribution in [1.82, 2.24) is 40.7 Å². The van der Waals surface area contributed by atoms with Crippen molar-refractivity contribution in [2.24, 2.45) is 0 Å². The van der Waals surface area contributed by atoms with Crippen molar-refractivity contribution in [3.8, 4) is 0 Å². The molecule has 4 fully saturated rings. The second kappa shape index (κ2) is 14.3. The van der Waals surface area contributed by atoms with E-state index < -0.39 is 68.8 Å². The third kappa shape index (κ3) is 8.59. The fourth-order valence-corrected chi connectivity index (χ4v) is 6.50. The first kappa shape index (κ1) is 35.4. The Morgan fingerprint density at radius 2 is 1.33 bits per heavy atom. The zero-order valence-electron chi connectivity index (χ0n) is 25.6. The number of anilines is 2. The molecule has 4 aliphatic heterocycles. The summed E-state index contributed by atoms with van der Waals surface area (Å²) in [5.74, 6) is -0.855. The maximum Gasteiger partial charge on any atom is 0.418 e. The van der Waals surface area contributed by atoms with Gasteiger partial charge in [0.15, 0.2) is 0 Å². The molecule has 4 saturated heterocycles. The summed E-state index contributed by atoms with van der Waals surface area (Å²) in [7, 11) is -7.97. The lowest BCUT2D eigenvalue weighted by Crippen LogP contribution is -2.53. The van der Waals surface area contributed by atoms with Crippen molar-refractivity contribution >= 4 is 56.0 Å². The highest BCUT2D eigenvalue weighted by Gasteiger charge is 2.50. The Labute approximate surface area is 279 Å². The summed E-state index contributed by atoms with van der Waals surface area (Å²) in [5.41, 5.74) is 9.07. The van der Waals surface area contributed by atoms with Gasteiger partial charge in [0.2, 0.25) is 0 Å². The topological polar surface area (TPSA) is 274 Å². The minimum absolute atomic E-state index is 0.138. The molecule has 4 bridgehead atoms. The molecule has 0 aliphatic carbocycles. The number of nitrogens with zero attached hydrogens (tertiary/aromatic N) is 7. The van der Waals surface area contributed by atoms with Gasteiger partial charge in [-0.2, -0.15) is 27.0 Å². The van der Waals surface area contributed by atoms with E-state index >= 15 is 0 Å². The van der Waals surface area contributed by atoms with Gasteiger partial charge in [-0.3, -0.25) is 49.9 Å². The van der Waals surface area contributed by atoms with Crippen LogP contribution >= 0.6 is 0 Å². The molecular formula is C25H32N10O12S2. The minimum atomic E-state index is -4.81. The number of pyridine rings is 2. The molecule has 4 atom stereocenters. The number of hydrogen-bond donors (Lipinski definition) is 5. The monoisotopic (exact) mass is 728 g/mol. The lowest BCUT2D eigenvalue weighted by molar-refractivity contribution is -0.126. The van der Waals surface area contributed by atoms with E-state index in [4.69, 9.17) is 9.11 Å². The van der Waals surface area contributed by atoms with Gasteiger partial charge in [0.25, 0.3) is 11.8 Å². The molecule has 4 aliphatic rings. The fourth-order valence-electron chi connectivity index (χ4n) is 5.72. The predicted molar refractivity (Wildman–Crippen MR) is 164 cm³/mol. The maximum atomic E-state index is 12.5. The highest BCUT2D eigenvalue weighted by Crippen LogP contribution is 2.32. The van der Waals surface area contributed by atoms with Crippen LogP contribution in [0.1, 0.15) is 25.7 Å². The number of carbonyl (C=O) groups excluding carboxylic acids is 4. The number of rotatable bonds is 10. The van der Waals surface area contributed by atoms with Crippen LogP contribution in [-0.2, 0) is 39.0 Å². The van der Waals surface area contributed by atoms with E-state index in [1.807, 2.05) is 0 Å². The van der Waals surface area contributed by atoms with Crippen LogP contribution < -0.4 is 21.3 Å². The van der Waals surface area contributed by atoms with Crippen molar-refractivity contribution in [1.29, 1.82) is 0 Å². The van der Waals surface area contributed by atoms with Crippen molar-refractivity contribution in [3.05, 3.63) is 49.1 Å². The number of aromatic nitrogens is 2. The molecule has 6 amide bonds. The zero-order valence-corrected chi connectivity index (χ0v) is 27.2. The van der Waals surface area contributed by atoms with Gasteiger partial charge < -0.3 is 9.80 Å². The van der Waals surface area contributed by atoms with Gasteiger partial charge in [-0.25, -0.2) is 9.59 Å². The van der Waals surface area contributed by atoms with E-state index in [-0.39, 0.29) is 13.1 Å². The molecule has 24 heteroatoms. The Balaban J connectivity index is 0.000000191. The van der Waals surface area contributed by atoms with Crippen LogP contribution in [0.4, 0.5) is 21.0 Å². The highest BCUT2D eigenvalue weighted by molar-refractivity contribution is 7.81. The summed E-state index contributed by atoms with van der Waals surface area (Å²) >= 11 is 0. The standard InChI is InChI=1S/C13H17N5O6S.C12H15N5O6S/c1-16(9-3-2-6-14-7-9)15-12(19)11-5-4-10-8-17(11)13(20)18(10)24-25(21,22)23;18-11(15-14-8-2-1-5-13-6-8)10-4-3-9-7-16(10)12(19)17(9)23-24(20,21)22/h2-3,6-7,10-11H,4-5,8H2,1H3,(H,15,19)(H,21,22,23);1-2,5-6,9-10,14H,3-4,7H2,(H,15,18)(H,20,21,22)/t10-,11+;9-,10+/m11/s1.